The zero-order valence-corrected chi connectivity index (χ0v) is 15.5. The second-order valence-corrected chi connectivity index (χ2v) is 6.00. The van der Waals surface area contributed by atoms with Gasteiger partial charge in [-0.2, -0.15) is 10.1 Å². The fourth-order valence-electron chi connectivity index (χ4n) is 2.61. The number of hydrogen-bond donors (Lipinski definition) is 2. The van der Waals surface area contributed by atoms with E-state index in [0.717, 1.165) is 11.3 Å². The maximum Gasteiger partial charge on any atom is 0.340 e. The van der Waals surface area contributed by atoms with E-state index in [9.17, 15) is 4.79 Å². The number of hydrogen-bond acceptors (Lipinski definition) is 7. The summed E-state index contributed by atoms with van der Waals surface area (Å²) in [5.41, 5.74) is 4.20. The third kappa shape index (κ3) is 4.58. The number of carbonyl (C=O) groups excluding carboxylic acids is 1. The normalized spacial score (nSPS) is 10.3. The van der Waals surface area contributed by atoms with Crippen molar-refractivity contribution in [2.24, 2.45) is 0 Å². The van der Waals surface area contributed by atoms with Crippen LogP contribution in [0.2, 0.25) is 0 Å². The number of aryl methyl sites for hydroxylation is 2. The summed E-state index contributed by atoms with van der Waals surface area (Å²) in [6.45, 7) is 6.14. The predicted molar refractivity (Wildman–Crippen MR) is 105 cm³/mol. The van der Waals surface area contributed by atoms with E-state index in [1.165, 1.54) is 11.8 Å². The summed E-state index contributed by atoms with van der Waals surface area (Å²) in [6, 6.07) is 13.2. The molecule has 27 heavy (non-hydrogen) atoms. The molecule has 3 rings (SSSR count). The molecule has 3 aromatic rings. The minimum Gasteiger partial charge on any atom is -0.462 e. The smallest absolute Gasteiger partial charge is 0.340 e. The molecule has 0 aliphatic rings. The van der Waals surface area contributed by atoms with Crippen molar-refractivity contribution >= 4 is 29.1 Å². The molecule has 138 valence electrons. The lowest BCUT2D eigenvalue weighted by atomic mass is 10.1. The standard InChI is InChI=1S/C20H21N5O2/c1-4-27-19(26)15-7-5-6-8-17(15)22-18-12-21-25-20(24-18)23-16-10-9-13(2)11-14(16)3/h5-12H,4H2,1-3H3,(H2,22,23,24,25). The third-order valence-corrected chi connectivity index (χ3v) is 3.87. The fourth-order valence-corrected chi connectivity index (χ4v) is 2.61. The molecule has 1 aromatic heterocycles. The Morgan fingerprint density at radius 3 is 2.67 bits per heavy atom. The van der Waals surface area contributed by atoms with Crippen LogP contribution in [0.3, 0.4) is 0 Å². The van der Waals surface area contributed by atoms with Crippen molar-refractivity contribution in [3.8, 4) is 0 Å². The molecule has 0 fully saturated rings. The van der Waals surface area contributed by atoms with Crippen LogP contribution in [0.15, 0.2) is 48.7 Å². The topological polar surface area (TPSA) is 89.0 Å². The molecule has 0 spiro atoms. The number of ether oxygens (including phenoxy) is 1. The molecule has 2 N–H and O–H groups in total. The second-order valence-electron chi connectivity index (χ2n) is 6.00. The van der Waals surface area contributed by atoms with E-state index in [4.69, 9.17) is 4.74 Å². The van der Waals surface area contributed by atoms with Gasteiger partial charge in [0.15, 0.2) is 5.82 Å². The number of para-hydroxylation sites is 1. The Labute approximate surface area is 157 Å². The van der Waals surface area contributed by atoms with Crippen molar-refractivity contribution in [1.29, 1.82) is 0 Å². The molecule has 0 radical (unpaired) electrons. The minimum absolute atomic E-state index is 0.312. The Morgan fingerprint density at radius 2 is 1.89 bits per heavy atom. The number of rotatable bonds is 6. The molecule has 0 atom stereocenters. The maximum absolute atomic E-state index is 12.1. The number of carbonyl (C=O) groups is 1. The highest BCUT2D eigenvalue weighted by Gasteiger charge is 2.13. The highest BCUT2D eigenvalue weighted by atomic mass is 16.5. The predicted octanol–water partition coefficient (Wildman–Crippen LogP) is 4.15. The van der Waals surface area contributed by atoms with Crippen LogP contribution in [0, 0.1) is 13.8 Å². The first kappa shape index (κ1) is 18.3. The van der Waals surface area contributed by atoms with Crippen LogP contribution in [0.25, 0.3) is 0 Å². The minimum atomic E-state index is -0.392. The van der Waals surface area contributed by atoms with E-state index < -0.39 is 5.97 Å². The molecular formula is C20H21N5O2. The summed E-state index contributed by atoms with van der Waals surface area (Å²) < 4.78 is 5.09. The van der Waals surface area contributed by atoms with Crippen LogP contribution in [0.1, 0.15) is 28.4 Å². The van der Waals surface area contributed by atoms with Crippen LogP contribution in [-0.2, 0) is 4.74 Å². The Kier molecular flexibility index (Phi) is 5.61. The number of anilines is 4. The van der Waals surface area contributed by atoms with Crippen molar-refractivity contribution in [2.75, 3.05) is 17.2 Å². The summed E-state index contributed by atoms with van der Waals surface area (Å²) >= 11 is 0. The zero-order chi connectivity index (χ0) is 19.2. The number of esters is 1. The molecule has 0 saturated heterocycles. The lowest BCUT2D eigenvalue weighted by Gasteiger charge is -2.12. The average molecular weight is 363 g/mol. The first-order valence-corrected chi connectivity index (χ1v) is 8.64. The molecule has 0 saturated carbocycles. The molecule has 7 nitrogen and oxygen atoms in total. The van der Waals surface area contributed by atoms with Crippen molar-refractivity contribution < 1.29 is 9.53 Å². The number of aromatic nitrogens is 3. The number of nitrogens with one attached hydrogen (secondary N) is 2. The van der Waals surface area contributed by atoms with Gasteiger partial charge in [0.25, 0.3) is 0 Å². The van der Waals surface area contributed by atoms with Gasteiger partial charge in [-0.1, -0.05) is 29.8 Å². The summed E-state index contributed by atoms with van der Waals surface area (Å²) in [5.74, 6) is 0.436. The molecule has 0 amide bonds. The summed E-state index contributed by atoms with van der Waals surface area (Å²) in [7, 11) is 0. The SMILES string of the molecule is CCOC(=O)c1ccccc1Nc1cnnc(Nc2ccc(C)cc2C)n1. The van der Waals surface area contributed by atoms with Gasteiger partial charge in [0.1, 0.15) is 0 Å². The molecule has 1 heterocycles. The summed E-state index contributed by atoms with van der Waals surface area (Å²) in [5, 5.41) is 14.3. The lowest BCUT2D eigenvalue weighted by molar-refractivity contribution is 0.0527. The van der Waals surface area contributed by atoms with E-state index in [1.54, 1.807) is 25.1 Å². The quantitative estimate of drug-likeness (QED) is 0.636. The van der Waals surface area contributed by atoms with Gasteiger partial charge in [-0.3, -0.25) is 0 Å². The van der Waals surface area contributed by atoms with E-state index in [-0.39, 0.29) is 0 Å². The van der Waals surface area contributed by atoms with E-state index in [0.29, 0.717) is 29.6 Å². The Hall–Kier alpha value is -3.48. The van der Waals surface area contributed by atoms with Crippen molar-refractivity contribution in [1.82, 2.24) is 15.2 Å². The molecule has 0 bridgehead atoms. The van der Waals surface area contributed by atoms with Gasteiger partial charge in [0.05, 0.1) is 24.1 Å². The summed E-state index contributed by atoms with van der Waals surface area (Å²) in [4.78, 5) is 16.5. The monoisotopic (exact) mass is 363 g/mol. The van der Waals surface area contributed by atoms with Gasteiger partial charge in [0.2, 0.25) is 5.95 Å². The van der Waals surface area contributed by atoms with Crippen LogP contribution < -0.4 is 10.6 Å². The second kappa shape index (κ2) is 8.27. The molecule has 0 unspecified atom stereocenters. The van der Waals surface area contributed by atoms with Crippen LogP contribution in [0.5, 0.6) is 0 Å². The zero-order valence-electron chi connectivity index (χ0n) is 15.5. The van der Waals surface area contributed by atoms with Gasteiger partial charge in [-0.25, -0.2) is 4.79 Å². The number of nitrogens with zero attached hydrogens (tertiary/aromatic N) is 3. The summed E-state index contributed by atoms with van der Waals surface area (Å²) in [6.07, 6.45) is 1.50. The Morgan fingerprint density at radius 1 is 1.07 bits per heavy atom. The van der Waals surface area contributed by atoms with Gasteiger partial charge in [0, 0.05) is 5.69 Å². The molecule has 0 aliphatic carbocycles. The third-order valence-electron chi connectivity index (χ3n) is 3.87. The maximum atomic E-state index is 12.1. The van der Waals surface area contributed by atoms with Gasteiger partial charge in [-0.15, -0.1) is 5.10 Å². The molecular weight excluding hydrogens is 342 g/mol. The van der Waals surface area contributed by atoms with Crippen LogP contribution in [-0.4, -0.2) is 27.8 Å². The van der Waals surface area contributed by atoms with Crippen molar-refractivity contribution in [3.63, 3.8) is 0 Å². The van der Waals surface area contributed by atoms with Crippen molar-refractivity contribution in [2.45, 2.75) is 20.8 Å². The molecule has 7 heteroatoms. The first-order valence-electron chi connectivity index (χ1n) is 8.64. The van der Waals surface area contributed by atoms with Gasteiger partial charge in [-0.05, 0) is 44.5 Å². The van der Waals surface area contributed by atoms with E-state index in [2.05, 4.69) is 31.9 Å². The highest BCUT2D eigenvalue weighted by molar-refractivity contribution is 5.96. The van der Waals surface area contributed by atoms with Gasteiger partial charge >= 0.3 is 5.97 Å². The van der Waals surface area contributed by atoms with E-state index in [1.807, 2.05) is 32.0 Å². The molecule has 0 aliphatic heterocycles. The van der Waals surface area contributed by atoms with Gasteiger partial charge < -0.3 is 15.4 Å². The first-order chi connectivity index (χ1) is 13.1. The lowest BCUT2D eigenvalue weighted by Crippen LogP contribution is -2.09. The van der Waals surface area contributed by atoms with Crippen LogP contribution in [0.4, 0.5) is 23.1 Å². The average Bonchev–Trinajstić information content (AvgIpc) is 2.65. The van der Waals surface area contributed by atoms with Crippen LogP contribution >= 0.6 is 0 Å². The fraction of sp³-hybridized carbons (Fsp3) is 0.200. The number of benzene rings is 2. The largest absolute Gasteiger partial charge is 0.462 e. The Bertz CT molecular complexity index is 959. The van der Waals surface area contributed by atoms with Crippen molar-refractivity contribution in [3.05, 3.63) is 65.4 Å². The highest BCUT2D eigenvalue weighted by Crippen LogP contribution is 2.22. The molecule has 2 aromatic carbocycles. The van der Waals surface area contributed by atoms with E-state index >= 15 is 0 Å². The Balaban J connectivity index is 1.82.